The summed E-state index contributed by atoms with van der Waals surface area (Å²) in [5, 5.41) is 3.76. The minimum absolute atomic E-state index is 0.0610. The maximum absolute atomic E-state index is 13.6. The fraction of sp³-hybridized carbons (Fsp3) is 0.444. The number of morpholine rings is 1. The van der Waals surface area contributed by atoms with Gasteiger partial charge in [-0.3, -0.25) is 14.2 Å². The topological polar surface area (TPSA) is 85.7 Å². The minimum atomic E-state index is -0.402. The lowest BCUT2D eigenvalue weighted by Crippen LogP contribution is -2.36. The molecule has 2 heterocycles. The van der Waals surface area contributed by atoms with Crippen LogP contribution in [-0.4, -0.2) is 54.1 Å². The molecular weight excluding hydrogens is 476 g/mol. The van der Waals surface area contributed by atoms with Crippen LogP contribution in [0.5, 0.6) is 5.75 Å². The monoisotopic (exact) mass is 510 g/mol. The molecule has 1 aliphatic heterocycles. The number of thioether (sulfide) groups is 1. The minimum Gasteiger partial charge on any atom is -0.497 e. The number of nitrogens with one attached hydrogen (secondary N) is 1. The first-order chi connectivity index (χ1) is 17.5. The Morgan fingerprint density at radius 3 is 2.72 bits per heavy atom. The van der Waals surface area contributed by atoms with E-state index in [0.29, 0.717) is 53.7 Å². The molecule has 0 aliphatic carbocycles. The smallest absolute Gasteiger partial charge is 0.262 e. The van der Waals surface area contributed by atoms with Gasteiger partial charge >= 0.3 is 0 Å². The number of ether oxygens (including phenoxy) is 2. The quantitative estimate of drug-likeness (QED) is 0.316. The van der Waals surface area contributed by atoms with Gasteiger partial charge in [0, 0.05) is 37.1 Å². The molecule has 36 heavy (non-hydrogen) atoms. The van der Waals surface area contributed by atoms with Crippen LogP contribution in [0.4, 0.5) is 11.4 Å². The van der Waals surface area contributed by atoms with Gasteiger partial charge in [-0.1, -0.05) is 38.1 Å². The third-order valence-corrected chi connectivity index (χ3v) is 7.62. The first kappa shape index (κ1) is 26.0. The number of amides is 1. The molecule has 1 aliphatic rings. The number of aromatic nitrogens is 2. The molecule has 192 valence electrons. The van der Waals surface area contributed by atoms with Crippen LogP contribution in [0.1, 0.15) is 33.1 Å². The highest BCUT2D eigenvalue weighted by molar-refractivity contribution is 8.00. The third kappa shape index (κ3) is 6.02. The summed E-state index contributed by atoms with van der Waals surface area (Å²) in [6.07, 6.45) is 2.41. The number of rotatable bonds is 10. The van der Waals surface area contributed by atoms with E-state index in [2.05, 4.69) is 17.1 Å². The van der Waals surface area contributed by atoms with Crippen LogP contribution in [0.15, 0.2) is 52.4 Å². The van der Waals surface area contributed by atoms with Gasteiger partial charge in [0.1, 0.15) is 5.75 Å². The van der Waals surface area contributed by atoms with Crippen molar-refractivity contribution in [1.29, 1.82) is 0 Å². The maximum atomic E-state index is 13.6. The fourth-order valence-electron chi connectivity index (χ4n) is 4.18. The van der Waals surface area contributed by atoms with Gasteiger partial charge in [0.25, 0.3) is 5.56 Å². The Hall–Kier alpha value is -3.04. The third-order valence-electron chi connectivity index (χ3n) is 6.26. The number of anilines is 2. The molecule has 1 aromatic heterocycles. The number of carbonyl (C=O) groups excluding carboxylic acids is 1. The van der Waals surface area contributed by atoms with E-state index in [1.54, 1.807) is 17.7 Å². The zero-order valence-electron chi connectivity index (χ0n) is 21.2. The average molecular weight is 511 g/mol. The van der Waals surface area contributed by atoms with Gasteiger partial charge < -0.3 is 19.7 Å². The van der Waals surface area contributed by atoms with Crippen LogP contribution in [0.3, 0.4) is 0 Å². The van der Waals surface area contributed by atoms with Crippen molar-refractivity contribution in [1.82, 2.24) is 9.55 Å². The van der Waals surface area contributed by atoms with Gasteiger partial charge in [0.15, 0.2) is 5.16 Å². The summed E-state index contributed by atoms with van der Waals surface area (Å²) in [4.78, 5) is 33.9. The van der Waals surface area contributed by atoms with Gasteiger partial charge in [-0.25, -0.2) is 4.98 Å². The second kappa shape index (κ2) is 12.3. The number of unbranched alkanes of at least 4 members (excludes halogenated alkanes) is 1. The van der Waals surface area contributed by atoms with Crippen molar-refractivity contribution < 1.29 is 14.3 Å². The molecule has 0 spiro atoms. The van der Waals surface area contributed by atoms with E-state index < -0.39 is 5.25 Å². The summed E-state index contributed by atoms with van der Waals surface area (Å²) in [7, 11) is 1.59. The Kier molecular flexibility index (Phi) is 8.88. The second-order valence-corrected chi connectivity index (χ2v) is 9.91. The standard InChI is InChI=1S/C27H34N4O4S/c1-4-6-12-31-26(33)22-18-20(30-13-15-35-16-14-30)10-11-23(22)29-27(31)36-24(5-2)25(32)28-19-8-7-9-21(17-19)34-3/h7-11,17-18,24H,4-6,12-16H2,1-3H3,(H,28,32)/t24-/m1/s1. The van der Waals surface area contributed by atoms with Crippen molar-refractivity contribution in [3.05, 3.63) is 52.8 Å². The van der Waals surface area contributed by atoms with E-state index >= 15 is 0 Å². The van der Waals surface area contributed by atoms with Gasteiger partial charge in [-0.05, 0) is 43.2 Å². The predicted molar refractivity (Wildman–Crippen MR) is 146 cm³/mol. The molecule has 1 N–H and O–H groups in total. The van der Waals surface area contributed by atoms with Crippen LogP contribution in [0, 0.1) is 0 Å². The number of fused-ring (bicyclic) bond motifs is 1. The molecule has 8 nitrogen and oxygen atoms in total. The van der Waals surface area contributed by atoms with Gasteiger partial charge in [-0.2, -0.15) is 0 Å². The lowest BCUT2D eigenvalue weighted by molar-refractivity contribution is -0.115. The number of hydrogen-bond acceptors (Lipinski definition) is 7. The highest BCUT2D eigenvalue weighted by Crippen LogP contribution is 2.28. The summed E-state index contributed by atoms with van der Waals surface area (Å²) < 4.78 is 12.5. The summed E-state index contributed by atoms with van der Waals surface area (Å²) >= 11 is 1.35. The zero-order valence-corrected chi connectivity index (χ0v) is 22.0. The Balaban J connectivity index is 1.63. The van der Waals surface area contributed by atoms with Crippen LogP contribution in [0.2, 0.25) is 0 Å². The molecule has 1 saturated heterocycles. The fourth-order valence-corrected chi connectivity index (χ4v) is 5.22. The van der Waals surface area contributed by atoms with Gasteiger partial charge in [0.05, 0.1) is 36.5 Å². The molecule has 2 aromatic carbocycles. The van der Waals surface area contributed by atoms with Crippen molar-refractivity contribution in [2.45, 2.75) is 50.1 Å². The Labute approximate surface area is 216 Å². The Morgan fingerprint density at radius 2 is 2.00 bits per heavy atom. The summed E-state index contributed by atoms with van der Waals surface area (Å²) in [6.45, 7) is 7.60. The van der Waals surface area contributed by atoms with Crippen molar-refractivity contribution >= 4 is 39.9 Å². The molecule has 3 aromatic rings. The van der Waals surface area contributed by atoms with Crippen LogP contribution in [0.25, 0.3) is 10.9 Å². The van der Waals surface area contributed by atoms with E-state index in [1.807, 2.05) is 43.3 Å². The SMILES string of the molecule is CCCCn1c(S[C@H](CC)C(=O)Nc2cccc(OC)c2)nc2ccc(N3CCOCC3)cc2c1=O. The van der Waals surface area contributed by atoms with E-state index in [4.69, 9.17) is 14.5 Å². The lowest BCUT2D eigenvalue weighted by atomic mass is 10.2. The summed E-state index contributed by atoms with van der Waals surface area (Å²) in [5.74, 6) is 0.546. The molecule has 0 saturated carbocycles. The van der Waals surface area contributed by atoms with Gasteiger partial charge in [0.2, 0.25) is 5.91 Å². The van der Waals surface area contributed by atoms with Crippen LogP contribution in [-0.2, 0) is 16.1 Å². The average Bonchev–Trinajstić information content (AvgIpc) is 2.91. The summed E-state index contributed by atoms with van der Waals surface area (Å²) in [6, 6.07) is 13.1. The number of carbonyl (C=O) groups is 1. The number of benzene rings is 2. The lowest BCUT2D eigenvalue weighted by Gasteiger charge is -2.29. The molecule has 1 fully saturated rings. The molecule has 0 unspecified atom stereocenters. The molecule has 1 atom stereocenters. The van der Waals surface area contributed by atoms with Crippen molar-refractivity contribution in [2.75, 3.05) is 43.6 Å². The Bertz CT molecular complexity index is 1260. The number of nitrogens with zero attached hydrogens (tertiary/aromatic N) is 3. The molecule has 9 heteroatoms. The first-order valence-corrected chi connectivity index (χ1v) is 13.4. The van der Waals surface area contributed by atoms with Crippen molar-refractivity contribution in [3.63, 3.8) is 0 Å². The van der Waals surface area contributed by atoms with E-state index in [9.17, 15) is 9.59 Å². The van der Waals surface area contributed by atoms with Crippen LogP contribution < -0.4 is 20.5 Å². The van der Waals surface area contributed by atoms with E-state index in [1.165, 1.54) is 11.8 Å². The molecule has 0 bridgehead atoms. The second-order valence-electron chi connectivity index (χ2n) is 8.74. The largest absolute Gasteiger partial charge is 0.497 e. The van der Waals surface area contributed by atoms with Crippen molar-refractivity contribution in [3.8, 4) is 5.75 Å². The predicted octanol–water partition coefficient (Wildman–Crippen LogP) is 4.55. The first-order valence-electron chi connectivity index (χ1n) is 12.5. The highest BCUT2D eigenvalue weighted by Gasteiger charge is 2.23. The van der Waals surface area contributed by atoms with Crippen LogP contribution >= 0.6 is 11.8 Å². The molecule has 0 radical (unpaired) electrons. The number of methoxy groups -OCH3 is 1. The maximum Gasteiger partial charge on any atom is 0.262 e. The Morgan fingerprint density at radius 1 is 1.19 bits per heavy atom. The van der Waals surface area contributed by atoms with Crippen molar-refractivity contribution in [2.24, 2.45) is 0 Å². The molecule has 1 amide bonds. The zero-order chi connectivity index (χ0) is 25.5. The highest BCUT2D eigenvalue weighted by atomic mass is 32.2. The summed E-state index contributed by atoms with van der Waals surface area (Å²) in [5.41, 5.74) is 2.27. The molecule has 4 rings (SSSR count). The normalized spacial score (nSPS) is 14.6. The van der Waals surface area contributed by atoms with Gasteiger partial charge in [-0.15, -0.1) is 0 Å². The number of hydrogen-bond donors (Lipinski definition) is 1. The van der Waals surface area contributed by atoms with E-state index in [0.717, 1.165) is 31.6 Å². The van der Waals surface area contributed by atoms with E-state index in [-0.39, 0.29) is 11.5 Å². The molecular formula is C27H34N4O4S.